The Morgan fingerprint density at radius 1 is 1.32 bits per heavy atom. The van der Waals surface area contributed by atoms with Gasteiger partial charge in [0, 0.05) is 32.2 Å². The summed E-state index contributed by atoms with van der Waals surface area (Å²) in [6.07, 6.45) is 0. The van der Waals surface area contributed by atoms with Crippen LogP contribution >= 0.6 is 0 Å². The van der Waals surface area contributed by atoms with E-state index in [2.05, 4.69) is 10.1 Å². The fraction of sp³-hybridized carbons (Fsp3) is 0.417. The molecule has 104 valence electrons. The minimum atomic E-state index is -3.10. The lowest BCUT2D eigenvalue weighted by Crippen LogP contribution is -2.46. The molecule has 1 aromatic rings. The average molecular weight is 274 g/mol. The van der Waals surface area contributed by atoms with Crippen LogP contribution in [0.5, 0.6) is 5.75 Å². The fourth-order valence-electron chi connectivity index (χ4n) is 1.90. The van der Waals surface area contributed by atoms with E-state index in [0.29, 0.717) is 26.2 Å². The minimum Gasteiger partial charge on any atom is -0.434 e. The number of alkyl halides is 2. The maximum absolute atomic E-state index is 13.0. The predicted molar refractivity (Wildman–Crippen MR) is 61.8 cm³/mol. The van der Waals surface area contributed by atoms with Gasteiger partial charge in [-0.2, -0.15) is 8.78 Å². The highest BCUT2D eigenvalue weighted by Gasteiger charge is 2.23. The third-order valence-corrected chi connectivity index (χ3v) is 2.79. The number of piperazine rings is 1. The van der Waals surface area contributed by atoms with Crippen molar-refractivity contribution in [1.82, 2.24) is 10.2 Å². The van der Waals surface area contributed by atoms with E-state index in [9.17, 15) is 18.0 Å². The molecular formula is C12H13F3N2O2. The average Bonchev–Trinajstić information content (AvgIpc) is 2.38. The van der Waals surface area contributed by atoms with Gasteiger partial charge in [0.25, 0.3) is 5.91 Å². The molecule has 1 amide bonds. The number of hydrogen-bond donors (Lipinski definition) is 1. The Morgan fingerprint density at radius 3 is 2.63 bits per heavy atom. The SMILES string of the molecule is O=C(c1ccc(F)cc1OC(F)F)N1CCNCC1. The Bertz CT molecular complexity index is 462. The van der Waals surface area contributed by atoms with Crippen molar-refractivity contribution >= 4 is 5.91 Å². The lowest BCUT2D eigenvalue weighted by molar-refractivity contribution is -0.0504. The van der Waals surface area contributed by atoms with Crippen LogP contribution in [0.1, 0.15) is 10.4 Å². The molecule has 0 aromatic heterocycles. The highest BCUT2D eigenvalue weighted by Crippen LogP contribution is 2.23. The third-order valence-electron chi connectivity index (χ3n) is 2.79. The molecule has 0 bridgehead atoms. The number of nitrogens with zero attached hydrogens (tertiary/aromatic N) is 1. The standard InChI is InChI=1S/C12H13F3N2O2/c13-8-1-2-9(10(7-8)19-12(14)15)11(18)17-5-3-16-4-6-17/h1-2,7,12,16H,3-6H2. The van der Waals surface area contributed by atoms with E-state index in [1.165, 1.54) is 4.90 Å². The van der Waals surface area contributed by atoms with Crippen molar-refractivity contribution in [3.63, 3.8) is 0 Å². The van der Waals surface area contributed by atoms with Crippen LogP contribution in [0.25, 0.3) is 0 Å². The van der Waals surface area contributed by atoms with E-state index >= 15 is 0 Å². The van der Waals surface area contributed by atoms with E-state index in [0.717, 1.165) is 18.2 Å². The van der Waals surface area contributed by atoms with Gasteiger partial charge in [0.15, 0.2) is 0 Å². The molecule has 1 aliphatic rings. The molecule has 1 saturated heterocycles. The highest BCUT2D eigenvalue weighted by molar-refractivity contribution is 5.97. The van der Waals surface area contributed by atoms with E-state index in [1.54, 1.807) is 0 Å². The first kappa shape index (κ1) is 13.7. The summed E-state index contributed by atoms with van der Waals surface area (Å²) < 4.78 is 41.8. The monoisotopic (exact) mass is 274 g/mol. The first-order chi connectivity index (χ1) is 9.08. The molecule has 0 radical (unpaired) electrons. The van der Waals surface area contributed by atoms with Gasteiger partial charge in [-0.3, -0.25) is 4.79 Å². The van der Waals surface area contributed by atoms with Crippen molar-refractivity contribution in [2.75, 3.05) is 26.2 Å². The number of nitrogens with one attached hydrogen (secondary N) is 1. The lowest BCUT2D eigenvalue weighted by Gasteiger charge is -2.28. The number of carbonyl (C=O) groups excluding carboxylic acids is 1. The first-order valence-corrected chi connectivity index (χ1v) is 5.82. The van der Waals surface area contributed by atoms with E-state index in [-0.39, 0.29) is 5.56 Å². The molecular weight excluding hydrogens is 261 g/mol. The van der Waals surface area contributed by atoms with Gasteiger partial charge in [0.05, 0.1) is 5.56 Å². The fourth-order valence-corrected chi connectivity index (χ4v) is 1.90. The van der Waals surface area contributed by atoms with Crippen molar-refractivity contribution in [1.29, 1.82) is 0 Å². The maximum Gasteiger partial charge on any atom is 0.387 e. The zero-order chi connectivity index (χ0) is 13.8. The molecule has 19 heavy (non-hydrogen) atoms. The summed E-state index contributed by atoms with van der Waals surface area (Å²) in [6, 6.07) is 3.01. The summed E-state index contributed by atoms with van der Waals surface area (Å²) in [5.41, 5.74) is -0.0522. The molecule has 0 saturated carbocycles. The summed E-state index contributed by atoms with van der Waals surface area (Å²) >= 11 is 0. The van der Waals surface area contributed by atoms with Crippen LogP contribution in [-0.4, -0.2) is 43.6 Å². The molecule has 4 nitrogen and oxygen atoms in total. The summed E-state index contributed by atoms with van der Waals surface area (Å²) in [7, 11) is 0. The molecule has 0 unspecified atom stereocenters. The Morgan fingerprint density at radius 2 is 2.00 bits per heavy atom. The number of rotatable bonds is 3. The quantitative estimate of drug-likeness (QED) is 0.907. The molecule has 0 aliphatic carbocycles. The number of ether oxygens (including phenoxy) is 1. The summed E-state index contributed by atoms with van der Waals surface area (Å²) in [5, 5.41) is 3.07. The number of halogens is 3. The van der Waals surface area contributed by atoms with Gasteiger partial charge < -0.3 is 15.0 Å². The van der Waals surface area contributed by atoms with Crippen LogP contribution in [0.15, 0.2) is 18.2 Å². The Kier molecular flexibility index (Phi) is 4.26. The summed E-state index contributed by atoms with van der Waals surface area (Å²) in [5.74, 6) is -1.59. The van der Waals surface area contributed by atoms with Gasteiger partial charge in [0.2, 0.25) is 0 Å². The van der Waals surface area contributed by atoms with Gasteiger partial charge in [-0.05, 0) is 12.1 Å². The second-order valence-electron chi connectivity index (χ2n) is 4.06. The number of benzene rings is 1. The largest absolute Gasteiger partial charge is 0.434 e. The minimum absolute atomic E-state index is 0.0522. The van der Waals surface area contributed by atoms with Gasteiger partial charge in [-0.25, -0.2) is 4.39 Å². The normalized spacial score (nSPS) is 15.7. The van der Waals surface area contributed by atoms with Gasteiger partial charge in [-0.1, -0.05) is 0 Å². The smallest absolute Gasteiger partial charge is 0.387 e. The van der Waals surface area contributed by atoms with Gasteiger partial charge in [-0.15, -0.1) is 0 Å². The summed E-state index contributed by atoms with van der Waals surface area (Å²) in [4.78, 5) is 13.7. The number of carbonyl (C=O) groups is 1. The van der Waals surface area contributed by atoms with E-state index < -0.39 is 24.1 Å². The van der Waals surface area contributed by atoms with Gasteiger partial charge in [0.1, 0.15) is 11.6 Å². The zero-order valence-electron chi connectivity index (χ0n) is 10.0. The Balaban J connectivity index is 2.24. The molecule has 0 spiro atoms. The highest BCUT2D eigenvalue weighted by atomic mass is 19.3. The van der Waals surface area contributed by atoms with Crippen molar-refractivity contribution in [3.05, 3.63) is 29.6 Å². The molecule has 1 N–H and O–H groups in total. The zero-order valence-corrected chi connectivity index (χ0v) is 10.0. The van der Waals surface area contributed by atoms with Crippen LogP contribution in [-0.2, 0) is 0 Å². The Hall–Kier alpha value is -1.76. The van der Waals surface area contributed by atoms with Crippen LogP contribution in [0.2, 0.25) is 0 Å². The molecule has 2 rings (SSSR count). The molecule has 1 aliphatic heterocycles. The van der Waals surface area contributed by atoms with Crippen LogP contribution in [0.3, 0.4) is 0 Å². The van der Waals surface area contributed by atoms with Crippen LogP contribution in [0, 0.1) is 5.82 Å². The van der Waals surface area contributed by atoms with Crippen molar-refractivity contribution in [3.8, 4) is 5.75 Å². The van der Waals surface area contributed by atoms with Crippen LogP contribution in [0.4, 0.5) is 13.2 Å². The topological polar surface area (TPSA) is 41.6 Å². The van der Waals surface area contributed by atoms with Crippen molar-refractivity contribution in [2.45, 2.75) is 6.61 Å². The molecule has 0 atom stereocenters. The van der Waals surface area contributed by atoms with E-state index in [1.807, 2.05) is 0 Å². The third kappa shape index (κ3) is 3.37. The van der Waals surface area contributed by atoms with Crippen molar-refractivity contribution in [2.24, 2.45) is 0 Å². The van der Waals surface area contributed by atoms with Crippen molar-refractivity contribution < 1.29 is 22.7 Å². The molecule has 1 heterocycles. The van der Waals surface area contributed by atoms with Crippen LogP contribution < -0.4 is 10.1 Å². The summed E-state index contributed by atoms with van der Waals surface area (Å²) in [6.45, 7) is -0.874. The van der Waals surface area contributed by atoms with Gasteiger partial charge >= 0.3 is 6.61 Å². The number of amides is 1. The second-order valence-corrected chi connectivity index (χ2v) is 4.06. The predicted octanol–water partition coefficient (Wildman–Crippen LogP) is 1.47. The molecule has 7 heteroatoms. The van der Waals surface area contributed by atoms with E-state index in [4.69, 9.17) is 0 Å². The lowest BCUT2D eigenvalue weighted by atomic mass is 10.1. The molecule has 1 fully saturated rings. The maximum atomic E-state index is 13.0. The second kappa shape index (κ2) is 5.92. The Labute approximate surface area is 108 Å². The first-order valence-electron chi connectivity index (χ1n) is 5.82. The molecule has 1 aromatic carbocycles. The number of hydrogen-bond acceptors (Lipinski definition) is 3.